The van der Waals surface area contributed by atoms with E-state index in [9.17, 15) is 33.9 Å². The normalized spacial score (nSPS) is 13.3. The molecule has 1 aromatic heterocycles. The molecule has 0 aliphatic rings. The first-order valence-electron chi connectivity index (χ1n) is 10.4. The van der Waals surface area contributed by atoms with Crippen molar-refractivity contribution in [3.63, 3.8) is 0 Å². The van der Waals surface area contributed by atoms with Crippen molar-refractivity contribution in [2.45, 2.75) is 37.4 Å². The van der Waals surface area contributed by atoms with E-state index in [4.69, 9.17) is 16.6 Å². The van der Waals surface area contributed by atoms with Crippen LogP contribution >= 0.6 is 0 Å². The maximum Gasteiger partial charge on any atom is 0.326 e. The number of nitrogens with two attached hydrogens (primary N) is 2. The Morgan fingerprint density at radius 2 is 1.51 bits per heavy atom. The molecule has 35 heavy (non-hydrogen) atoms. The Kier molecular flexibility index (Phi) is 9.28. The molecule has 3 unspecified atom stereocenters. The van der Waals surface area contributed by atoms with Gasteiger partial charge in [-0.25, -0.2) is 4.79 Å². The predicted octanol–water partition coefficient (Wildman–Crippen LogP) is -2.44. The lowest BCUT2D eigenvalue weighted by molar-refractivity contribution is -0.147. The summed E-state index contributed by atoms with van der Waals surface area (Å²) in [5.74, 6) is -6.64. The van der Waals surface area contributed by atoms with Crippen LogP contribution in [-0.2, 0) is 35.2 Å². The number of H-pyrrole nitrogens is 1. The second-order valence-corrected chi connectivity index (χ2v) is 7.62. The lowest BCUT2D eigenvalue weighted by Gasteiger charge is -2.24. The summed E-state index contributed by atoms with van der Waals surface area (Å²) in [4.78, 5) is 74.3. The number of fused-ring (bicyclic) bond motifs is 1. The SMILES string of the molecule is NCC(=O)NC(CC(N)=O)C(=O)NC(Cc1c[nH]c2ccccc12)C(=O)NC(CC(=O)O)C(=O)O. The van der Waals surface area contributed by atoms with Gasteiger partial charge in [0.2, 0.25) is 23.6 Å². The Bertz CT molecular complexity index is 1130. The van der Waals surface area contributed by atoms with E-state index in [1.807, 2.05) is 0 Å². The molecule has 0 fully saturated rings. The maximum absolute atomic E-state index is 13.0. The summed E-state index contributed by atoms with van der Waals surface area (Å²) in [6.07, 6.45) is -0.0172. The zero-order valence-corrected chi connectivity index (χ0v) is 18.4. The van der Waals surface area contributed by atoms with E-state index in [1.54, 1.807) is 30.5 Å². The third kappa shape index (κ3) is 7.82. The van der Waals surface area contributed by atoms with Crippen LogP contribution in [0.1, 0.15) is 18.4 Å². The van der Waals surface area contributed by atoms with E-state index < -0.39 is 73.1 Å². The summed E-state index contributed by atoms with van der Waals surface area (Å²) in [6.45, 7) is -0.475. The second-order valence-electron chi connectivity index (χ2n) is 7.62. The number of aliphatic carboxylic acids is 2. The first-order valence-corrected chi connectivity index (χ1v) is 10.4. The summed E-state index contributed by atoms with van der Waals surface area (Å²) >= 11 is 0. The lowest BCUT2D eigenvalue weighted by Crippen LogP contribution is -2.57. The van der Waals surface area contributed by atoms with Crippen molar-refractivity contribution in [2.75, 3.05) is 6.54 Å². The molecule has 0 spiro atoms. The predicted molar refractivity (Wildman–Crippen MR) is 121 cm³/mol. The van der Waals surface area contributed by atoms with Gasteiger partial charge in [-0.3, -0.25) is 24.0 Å². The molecular formula is C21H26N6O8. The minimum absolute atomic E-state index is 0.130. The molecule has 0 aliphatic heterocycles. The van der Waals surface area contributed by atoms with Crippen LogP contribution in [0, 0.1) is 0 Å². The first kappa shape index (κ1) is 26.8. The highest BCUT2D eigenvalue weighted by molar-refractivity contribution is 5.96. The molecule has 10 N–H and O–H groups in total. The molecule has 4 amide bonds. The Balaban J connectivity index is 2.33. The Morgan fingerprint density at radius 1 is 0.886 bits per heavy atom. The van der Waals surface area contributed by atoms with E-state index in [0.717, 1.165) is 10.9 Å². The average molecular weight is 490 g/mol. The quantitative estimate of drug-likeness (QED) is 0.148. The van der Waals surface area contributed by atoms with Gasteiger partial charge < -0.3 is 42.6 Å². The van der Waals surface area contributed by atoms with Gasteiger partial charge >= 0.3 is 11.9 Å². The molecule has 188 valence electrons. The third-order valence-corrected chi connectivity index (χ3v) is 4.97. The second kappa shape index (κ2) is 12.1. The number of benzene rings is 1. The minimum atomic E-state index is -1.76. The van der Waals surface area contributed by atoms with E-state index in [0.29, 0.717) is 5.56 Å². The number of rotatable bonds is 13. The van der Waals surface area contributed by atoms with Crippen LogP contribution in [0.15, 0.2) is 30.5 Å². The number of hydrogen-bond acceptors (Lipinski definition) is 7. The Hall–Kier alpha value is -4.46. The molecule has 2 aromatic rings. The maximum atomic E-state index is 13.0. The average Bonchev–Trinajstić information content (AvgIpc) is 3.19. The number of carbonyl (C=O) groups excluding carboxylic acids is 4. The Morgan fingerprint density at radius 3 is 2.11 bits per heavy atom. The number of hydrogen-bond donors (Lipinski definition) is 8. The monoisotopic (exact) mass is 490 g/mol. The summed E-state index contributed by atoms with van der Waals surface area (Å²) < 4.78 is 0. The van der Waals surface area contributed by atoms with Crippen LogP contribution in [0.25, 0.3) is 10.9 Å². The van der Waals surface area contributed by atoms with Gasteiger partial charge in [0.25, 0.3) is 0 Å². The number of carbonyl (C=O) groups is 6. The summed E-state index contributed by atoms with van der Waals surface area (Å²) in [5, 5.41) is 25.6. The van der Waals surface area contributed by atoms with Gasteiger partial charge in [0, 0.05) is 23.5 Å². The summed E-state index contributed by atoms with van der Waals surface area (Å²) in [7, 11) is 0. The summed E-state index contributed by atoms with van der Waals surface area (Å²) in [6, 6.07) is 2.47. The van der Waals surface area contributed by atoms with Gasteiger partial charge in [0.05, 0.1) is 19.4 Å². The number of primary amides is 1. The van der Waals surface area contributed by atoms with Crippen LogP contribution < -0.4 is 27.4 Å². The zero-order valence-electron chi connectivity index (χ0n) is 18.4. The van der Waals surface area contributed by atoms with Crippen molar-refractivity contribution < 1.29 is 39.0 Å². The van der Waals surface area contributed by atoms with Crippen molar-refractivity contribution in [1.29, 1.82) is 0 Å². The van der Waals surface area contributed by atoms with Crippen LogP contribution in [0.2, 0.25) is 0 Å². The number of para-hydroxylation sites is 1. The van der Waals surface area contributed by atoms with Crippen LogP contribution in [0.4, 0.5) is 0 Å². The van der Waals surface area contributed by atoms with Gasteiger partial charge in [-0.2, -0.15) is 0 Å². The van der Waals surface area contributed by atoms with Gasteiger partial charge in [0.1, 0.15) is 18.1 Å². The number of aromatic amines is 1. The molecular weight excluding hydrogens is 464 g/mol. The number of amides is 4. The van der Waals surface area contributed by atoms with Crippen LogP contribution in [0.5, 0.6) is 0 Å². The molecule has 0 saturated heterocycles. The van der Waals surface area contributed by atoms with E-state index >= 15 is 0 Å². The standard InChI is InChI=1S/C21H26N6O8/c22-8-17(29)25-14(6-16(23)28)20(33)26-13(19(32)27-15(21(34)35)7-18(30)31)5-10-9-24-12-4-2-1-3-11(10)12/h1-4,9,13-15,24H,5-8,22H2,(H2,23,28)(H,25,29)(H,26,33)(H,27,32)(H,30,31)(H,34,35). The molecule has 0 saturated carbocycles. The molecule has 0 aliphatic carbocycles. The molecule has 14 nitrogen and oxygen atoms in total. The van der Waals surface area contributed by atoms with Gasteiger partial charge in [0.15, 0.2) is 0 Å². The number of carboxylic acids is 2. The topological polar surface area (TPSA) is 247 Å². The van der Waals surface area contributed by atoms with Crippen LogP contribution in [0.3, 0.4) is 0 Å². The molecule has 1 aromatic carbocycles. The minimum Gasteiger partial charge on any atom is -0.481 e. The lowest BCUT2D eigenvalue weighted by atomic mass is 10.0. The highest BCUT2D eigenvalue weighted by Gasteiger charge is 2.31. The third-order valence-electron chi connectivity index (χ3n) is 4.97. The molecule has 1 heterocycles. The fourth-order valence-corrected chi connectivity index (χ4v) is 3.31. The number of aromatic nitrogens is 1. The molecule has 3 atom stereocenters. The van der Waals surface area contributed by atoms with E-state index in [1.165, 1.54) is 0 Å². The fourth-order valence-electron chi connectivity index (χ4n) is 3.31. The zero-order chi connectivity index (χ0) is 26.1. The highest BCUT2D eigenvalue weighted by Crippen LogP contribution is 2.19. The van der Waals surface area contributed by atoms with Crippen molar-refractivity contribution in [3.8, 4) is 0 Å². The molecule has 0 bridgehead atoms. The van der Waals surface area contributed by atoms with E-state index in [-0.39, 0.29) is 6.42 Å². The number of nitrogens with one attached hydrogen (secondary N) is 4. The molecule has 14 heteroatoms. The molecule has 0 radical (unpaired) electrons. The van der Waals surface area contributed by atoms with Crippen molar-refractivity contribution in [3.05, 3.63) is 36.0 Å². The van der Waals surface area contributed by atoms with Gasteiger partial charge in [-0.05, 0) is 11.6 Å². The van der Waals surface area contributed by atoms with Crippen LogP contribution in [-0.4, -0.2) is 75.4 Å². The van der Waals surface area contributed by atoms with Gasteiger partial charge in [-0.15, -0.1) is 0 Å². The smallest absolute Gasteiger partial charge is 0.326 e. The van der Waals surface area contributed by atoms with Gasteiger partial charge in [-0.1, -0.05) is 18.2 Å². The van der Waals surface area contributed by atoms with Crippen molar-refractivity contribution >= 4 is 46.5 Å². The number of carboxylic acid groups (broad SMARTS) is 2. The summed E-state index contributed by atoms with van der Waals surface area (Å²) in [5.41, 5.74) is 11.7. The molecule has 2 rings (SSSR count). The highest BCUT2D eigenvalue weighted by atomic mass is 16.4. The fraction of sp³-hybridized carbons (Fsp3) is 0.333. The van der Waals surface area contributed by atoms with Crippen molar-refractivity contribution in [1.82, 2.24) is 20.9 Å². The Labute approximate surface area is 198 Å². The largest absolute Gasteiger partial charge is 0.481 e. The first-order chi connectivity index (χ1) is 16.5. The van der Waals surface area contributed by atoms with E-state index in [2.05, 4.69) is 20.9 Å². The van der Waals surface area contributed by atoms with Crippen molar-refractivity contribution in [2.24, 2.45) is 11.5 Å².